The van der Waals surface area contributed by atoms with Gasteiger partial charge in [0.05, 0.1) is 6.04 Å². The highest BCUT2D eigenvalue weighted by Gasteiger charge is 2.03. The third-order valence-electron chi connectivity index (χ3n) is 0.862. The van der Waals surface area contributed by atoms with E-state index in [0.29, 0.717) is 6.54 Å². The van der Waals surface area contributed by atoms with Gasteiger partial charge in [0.1, 0.15) is 0 Å². The van der Waals surface area contributed by atoms with Crippen molar-refractivity contribution >= 4 is 12.3 Å². The van der Waals surface area contributed by atoms with E-state index in [2.05, 4.69) is 10.6 Å². The van der Waals surface area contributed by atoms with Crippen LogP contribution in [-0.4, -0.2) is 24.9 Å². The Morgan fingerprint density at radius 1 is 1.70 bits per heavy atom. The molecule has 0 aliphatic heterocycles. The second-order valence-corrected chi connectivity index (χ2v) is 1.84. The maximum atomic E-state index is 10.6. The van der Waals surface area contributed by atoms with Gasteiger partial charge in [-0.05, 0) is 13.8 Å². The zero-order chi connectivity index (χ0) is 7.98. The lowest BCUT2D eigenvalue weighted by Gasteiger charge is -2.05. The number of hydrogen-bond donors (Lipinski definition) is 2. The van der Waals surface area contributed by atoms with Crippen molar-refractivity contribution in [3.05, 3.63) is 0 Å². The van der Waals surface area contributed by atoms with E-state index in [1.807, 2.05) is 0 Å². The van der Waals surface area contributed by atoms with Gasteiger partial charge in [-0.25, -0.2) is 4.79 Å². The Morgan fingerprint density at radius 3 is 2.70 bits per heavy atom. The standard InChI is InChI=1S/C6H11N2O2/c1-3-7-6(10)8-5(2)4-9/h5H,3H2,1-2H3,(H2,7,8,10)/t5-/m0/s1. The van der Waals surface area contributed by atoms with Crippen molar-refractivity contribution in [2.24, 2.45) is 0 Å². The fourth-order valence-electron chi connectivity index (χ4n) is 0.438. The molecule has 10 heavy (non-hydrogen) atoms. The molecule has 1 radical (unpaired) electrons. The third-order valence-corrected chi connectivity index (χ3v) is 0.862. The van der Waals surface area contributed by atoms with Crippen LogP contribution in [0.5, 0.6) is 0 Å². The minimum atomic E-state index is -0.536. The predicted molar refractivity (Wildman–Crippen MR) is 37.4 cm³/mol. The zero-order valence-electron chi connectivity index (χ0n) is 6.10. The molecule has 0 aliphatic carbocycles. The van der Waals surface area contributed by atoms with Gasteiger partial charge in [0.15, 0.2) is 0 Å². The lowest BCUT2D eigenvalue weighted by Crippen LogP contribution is -2.41. The lowest BCUT2D eigenvalue weighted by atomic mass is 10.4. The molecule has 0 unspecified atom stereocenters. The number of amides is 2. The molecule has 0 heterocycles. The highest BCUT2D eigenvalue weighted by atomic mass is 16.2. The molecule has 0 bridgehead atoms. The predicted octanol–water partition coefficient (Wildman–Crippen LogP) is -0.196. The normalized spacial score (nSPS) is 11.8. The molecule has 0 aromatic heterocycles. The van der Waals surface area contributed by atoms with Crippen LogP contribution < -0.4 is 10.6 Å². The Hall–Kier alpha value is -1.06. The number of hydrogen-bond acceptors (Lipinski definition) is 2. The van der Waals surface area contributed by atoms with E-state index in [1.165, 1.54) is 0 Å². The first-order valence-electron chi connectivity index (χ1n) is 3.12. The fraction of sp³-hybridized carbons (Fsp3) is 0.667. The summed E-state index contributed by atoms with van der Waals surface area (Å²) in [5, 5.41) is 4.84. The summed E-state index contributed by atoms with van der Waals surface area (Å²) in [6.45, 7) is 3.91. The molecule has 2 N–H and O–H groups in total. The molecular formula is C6H11N2O2. The number of carbonyl (C=O) groups is 1. The van der Waals surface area contributed by atoms with Crippen LogP contribution in [0.2, 0.25) is 0 Å². The zero-order valence-corrected chi connectivity index (χ0v) is 6.10. The Morgan fingerprint density at radius 2 is 2.30 bits per heavy atom. The maximum Gasteiger partial charge on any atom is 0.315 e. The lowest BCUT2D eigenvalue weighted by molar-refractivity contribution is 0.240. The molecular weight excluding hydrogens is 132 g/mol. The third kappa shape index (κ3) is 3.88. The van der Waals surface area contributed by atoms with Gasteiger partial charge in [-0.2, -0.15) is 0 Å². The van der Waals surface area contributed by atoms with Crippen molar-refractivity contribution < 1.29 is 9.59 Å². The smallest absolute Gasteiger partial charge is 0.315 e. The van der Waals surface area contributed by atoms with Crippen molar-refractivity contribution in [3.63, 3.8) is 0 Å². The highest BCUT2D eigenvalue weighted by molar-refractivity contribution is 5.77. The van der Waals surface area contributed by atoms with Crippen LogP contribution in [0.3, 0.4) is 0 Å². The SMILES string of the molecule is CCNC(=O)N[C@@H](C)[C]=O. The van der Waals surface area contributed by atoms with Crippen LogP contribution in [0.4, 0.5) is 4.79 Å². The summed E-state index contributed by atoms with van der Waals surface area (Å²) in [6, 6.07) is -0.870. The number of rotatable bonds is 3. The Labute approximate surface area is 60.0 Å². The van der Waals surface area contributed by atoms with E-state index in [-0.39, 0.29) is 6.03 Å². The molecule has 0 rings (SSSR count). The van der Waals surface area contributed by atoms with Gasteiger partial charge in [0, 0.05) is 6.54 Å². The highest BCUT2D eigenvalue weighted by Crippen LogP contribution is 1.72. The summed E-state index contributed by atoms with van der Waals surface area (Å²) in [5.41, 5.74) is 0. The molecule has 0 aromatic rings. The first-order chi connectivity index (χ1) is 4.70. The molecule has 0 aromatic carbocycles. The minimum Gasteiger partial charge on any atom is -0.338 e. The molecule has 0 aliphatic rings. The largest absolute Gasteiger partial charge is 0.338 e. The van der Waals surface area contributed by atoms with E-state index >= 15 is 0 Å². The van der Waals surface area contributed by atoms with Gasteiger partial charge in [0.25, 0.3) is 0 Å². The molecule has 4 heteroatoms. The van der Waals surface area contributed by atoms with E-state index in [0.717, 1.165) is 0 Å². The van der Waals surface area contributed by atoms with E-state index in [4.69, 9.17) is 0 Å². The Kier molecular flexibility index (Phi) is 4.28. The summed E-state index contributed by atoms with van der Waals surface area (Å²) in [7, 11) is 0. The summed E-state index contributed by atoms with van der Waals surface area (Å²) in [6.07, 6.45) is 1.63. The van der Waals surface area contributed by atoms with E-state index in [1.54, 1.807) is 20.1 Å². The first kappa shape index (κ1) is 8.94. The topological polar surface area (TPSA) is 58.2 Å². The minimum absolute atomic E-state index is 0.335. The molecule has 0 saturated carbocycles. The van der Waals surface area contributed by atoms with Gasteiger partial charge in [-0.1, -0.05) is 0 Å². The Balaban J connectivity index is 3.46. The monoisotopic (exact) mass is 143 g/mol. The summed E-state index contributed by atoms with van der Waals surface area (Å²) in [4.78, 5) is 20.5. The molecule has 4 nitrogen and oxygen atoms in total. The van der Waals surface area contributed by atoms with Crippen LogP contribution in [0, 0.1) is 0 Å². The van der Waals surface area contributed by atoms with E-state index < -0.39 is 6.04 Å². The van der Waals surface area contributed by atoms with Crippen LogP contribution in [0.15, 0.2) is 0 Å². The quantitative estimate of drug-likeness (QED) is 0.575. The van der Waals surface area contributed by atoms with Crippen molar-refractivity contribution in [2.75, 3.05) is 6.54 Å². The average Bonchev–Trinajstić information content (AvgIpc) is 1.88. The fourth-order valence-corrected chi connectivity index (χ4v) is 0.438. The van der Waals surface area contributed by atoms with Crippen LogP contribution in [-0.2, 0) is 4.79 Å². The first-order valence-corrected chi connectivity index (χ1v) is 3.12. The van der Waals surface area contributed by atoms with Crippen LogP contribution >= 0.6 is 0 Å². The molecule has 0 saturated heterocycles. The average molecular weight is 143 g/mol. The van der Waals surface area contributed by atoms with Crippen LogP contribution in [0.25, 0.3) is 0 Å². The van der Waals surface area contributed by atoms with Crippen molar-refractivity contribution in [2.45, 2.75) is 19.9 Å². The molecule has 0 spiro atoms. The number of nitrogens with one attached hydrogen (secondary N) is 2. The Bertz CT molecular complexity index is 125. The van der Waals surface area contributed by atoms with Crippen molar-refractivity contribution in [1.82, 2.24) is 10.6 Å². The van der Waals surface area contributed by atoms with Gasteiger partial charge >= 0.3 is 6.03 Å². The number of carbonyl (C=O) groups excluding carboxylic acids is 2. The maximum absolute atomic E-state index is 10.6. The van der Waals surface area contributed by atoms with Crippen molar-refractivity contribution in [3.8, 4) is 0 Å². The van der Waals surface area contributed by atoms with Gasteiger partial charge in [0.2, 0.25) is 6.29 Å². The second-order valence-electron chi connectivity index (χ2n) is 1.84. The molecule has 1 atom stereocenters. The molecule has 2 amide bonds. The van der Waals surface area contributed by atoms with Crippen LogP contribution in [0.1, 0.15) is 13.8 Å². The summed E-state index contributed by atoms with van der Waals surface area (Å²) in [5.74, 6) is 0. The molecule has 0 fully saturated rings. The summed E-state index contributed by atoms with van der Waals surface area (Å²) >= 11 is 0. The molecule has 57 valence electrons. The van der Waals surface area contributed by atoms with E-state index in [9.17, 15) is 9.59 Å². The number of urea groups is 1. The second kappa shape index (κ2) is 4.78. The van der Waals surface area contributed by atoms with Gasteiger partial charge in [-0.3, -0.25) is 4.79 Å². The van der Waals surface area contributed by atoms with Gasteiger partial charge < -0.3 is 10.6 Å². The van der Waals surface area contributed by atoms with Gasteiger partial charge in [-0.15, -0.1) is 0 Å². The van der Waals surface area contributed by atoms with Crippen molar-refractivity contribution in [1.29, 1.82) is 0 Å². The summed E-state index contributed by atoms with van der Waals surface area (Å²) < 4.78 is 0.